The molecule has 3 N–H and O–H groups in total. The molecule has 0 amide bonds. The Morgan fingerprint density at radius 3 is 2.55 bits per heavy atom. The molecule has 62 valence electrons. The van der Waals surface area contributed by atoms with E-state index >= 15 is 0 Å². The van der Waals surface area contributed by atoms with E-state index in [1.807, 2.05) is 0 Å². The maximum Gasteiger partial charge on any atom is 0.200 e. The van der Waals surface area contributed by atoms with Gasteiger partial charge in [0.05, 0.1) is 5.84 Å². The fraction of sp³-hybridized carbons (Fsp3) is 0.500. The van der Waals surface area contributed by atoms with Crippen molar-refractivity contribution in [2.45, 2.75) is 6.92 Å². The van der Waals surface area contributed by atoms with Crippen LogP contribution in [-0.4, -0.2) is 32.2 Å². The first kappa shape index (κ1) is 9.61. The van der Waals surface area contributed by atoms with Crippen molar-refractivity contribution in [1.82, 2.24) is 5.32 Å². The van der Waals surface area contributed by atoms with Gasteiger partial charge in [-0.3, -0.25) is 9.98 Å². The van der Waals surface area contributed by atoms with E-state index in [1.54, 1.807) is 21.0 Å². The van der Waals surface area contributed by atoms with Crippen LogP contribution in [-0.2, 0) is 0 Å². The molecule has 0 aliphatic carbocycles. The van der Waals surface area contributed by atoms with Crippen molar-refractivity contribution >= 4 is 18.1 Å². The summed E-state index contributed by atoms with van der Waals surface area (Å²) < 4.78 is 0. The number of amidine groups is 1. The summed E-state index contributed by atoms with van der Waals surface area (Å²) in [6.45, 7) is 1.80. The quantitative estimate of drug-likeness (QED) is 0.399. The van der Waals surface area contributed by atoms with Gasteiger partial charge in [0.2, 0.25) is 0 Å². The van der Waals surface area contributed by atoms with Crippen molar-refractivity contribution < 1.29 is 0 Å². The molecule has 0 aromatic heterocycles. The van der Waals surface area contributed by atoms with Crippen molar-refractivity contribution in [2.75, 3.05) is 14.1 Å². The Balaban J connectivity index is 3.96. The van der Waals surface area contributed by atoms with Crippen LogP contribution in [0.3, 0.4) is 0 Å². The van der Waals surface area contributed by atoms with Crippen molar-refractivity contribution in [3.8, 4) is 0 Å². The summed E-state index contributed by atoms with van der Waals surface area (Å²) in [5.41, 5.74) is 5.40. The number of hydrogen-bond acceptors (Lipinski definition) is 2. The number of hydrogen-bond donors (Lipinski definition) is 2. The number of nitrogens with zero attached hydrogens (tertiary/aromatic N) is 3. The molecule has 0 bridgehead atoms. The third kappa shape index (κ3) is 5.07. The standard InChI is InChI=1S/C6H13N5/c1-5(9-3)11-6(7)10-4-8-2/h4H,1-3H3,(H3,7,8,9,10,11). The molecule has 11 heavy (non-hydrogen) atoms. The largest absolute Gasteiger partial charge is 0.369 e. The molecule has 0 aliphatic rings. The second-order valence-corrected chi connectivity index (χ2v) is 1.82. The van der Waals surface area contributed by atoms with E-state index < -0.39 is 0 Å². The van der Waals surface area contributed by atoms with Gasteiger partial charge in [0.25, 0.3) is 0 Å². The summed E-state index contributed by atoms with van der Waals surface area (Å²) in [6.07, 6.45) is 1.37. The van der Waals surface area contributed by atoms with Crippen LogP contribution in [0.25, 0.3) is 0 Å². The highest BCUT2D eigenvalue weighted by atomic mass is 15.1. The Morgan fingerprint density at radius 1 is 1.45 bits per heavy atom. The molecule has 0 atom stereocenters. The maximum atomic E-state index is 5.40. The predicted molar refractivity (Wildman–Crippen MR) is 48.2 cm³/mol. The van der Waals surface area contributed by atoms with E-state index in [9.17, 15) is 0 Å². The van der Waals surface area contributed by atoms with E-state index in [1.165, 1.54) is 6.34 Å². The highest BCUT2D eigenvalue weighted by Gasteiger charge is 1.89. The van der Waals surface area contributed by atoms with E-state index in [2.05, 4.69) is 20.3 Å². The van der Waals surface area contributed by atoms with Crippen molar-refractivity contribution in [3.05, 3.63) is 0 Å². The van der Waals surface area contributed by atoms with E-state index in [4.69, 9.17) is 5.73 Å². The summed E-state index contributed by atoms with van der Waals surface area (Å²) >= 11 is 0. The molecule has 0 aliphatic heterocycles. The normalized spacial score (nSPS) is 14.1. The minimum Gasteiger partial charge on any atom is -0.369 e. The predicted octanol–water partition coefficient (Wildman–Crippen LogP) is -0.403. The molecule has 0 aromatic rings. The molecule has 0 fully saturated rings. The first-order valence-electron chi connectivity index (χ1n) is 3.15. The van der Waals surface area contributed by atoms with Gasteiger partial charge in [0.1, 0.15) is 6.34 Å². The zero-order valence-corrected chi connectivity index (χ0v) is 7.00. The summed E-state index contributed by atoms with van der Waals surface area (Å²) in [6, 6.07) is 0. The van der Waals surface area contributed by atoms with E-state index in [0.29, 0.717) is 5.96 Å². The van der Waals surface area contributed by atoms with Gasteiger partial charge in [0.15, 0.2) is 5.96 Å². The van der Waals surface area contributed by atoms with Crippen LogP contribution >= 0.6 is 0 Å². The molecule has 0 aromatic carbocycles. The second kappa shape index (κ2) is 5.40. The molecular weight excluding hydrogens is 142 g/mol. The van der Waals surface area contributed by atoms with Crippen molar-refractivity contribution in [2.24, 2.45) is 20.7 Å². The SMILES string of the molecule is CN=CN=C(N)NC(C)=NC. The summed E-state index contributed by atoms with van der Waals surface area (Å²) in [4.78, 5) is 11.2. The van der Waals surface area contributed by atoms with Crippen LogP contribution in [0, 0.1) is 0 Å². The molecule has 0 spiro atoms. The average Bonchev–Trinajstić information content (AvgIpc) is 2.00. The molecule has 0 radical (unpaired) electrons. The van der Waals surface area contributed by atoms with Crippen LogP contribution in [0.2, 0.25) is 0 Å². The fourth-order valence-corrected chi connectivity index (χ4v) is 0.393. The molecule has 0 unspecified atom stereocenters. The Bertz CT molecular complexity index is 191. The van der Waals surface area contributed by atoms with E-state index in [-0.39, 0.29) is 0 Å². The summed E-state index contributed by atoms with van der Waals surface area (Å²) in [5, 5.41) is 2.75. The first-order chi connectivity index (χ1) is 5.20. The Morgan fingerprint density at radius 2 is 2.09 bits per heavy atom. The Kier molecular flexibility index (Phi) is 4.72. The number of guanidine groups is 1. The van der Waals surface area contributed by atoms with Crippen LogP contribution in [0.1, 0.15) is 6.92 Å². The second-order valence-electron chi connectivity index (χ2n) is 1.82. The van der Waals surface area contributed by atoms with Crippen molar-refractivity contribution in [1.29, 1.82) is 0 Å². The highest BCUT2D eigenvalue weighted by Crippen LogP contribution is 1.67. The molecule has 0 saturated carbocycles. The maximum absolute atomic E-state index is 5.40. The number of nitrogens with two attached hydrogens (primary N) is 1. The first-order valence-corrected chi connectivity index (χ1v) is 3.15. The smallest absolute Gasteiger partial charge is 0.200 e. The lowest BCUT2D eigenvalue weighted by atomic mass is 10.6. The molecule has 0 heterocycles. The lowest BCUT2D eigenvalue weighted by Crippen LogP contribution is -2.35. The fourth-order valence-electron chi connectivity index (χ4n) is 0.393. The van der Waals surface area contributed by atoms with Gasteiger partial charge in [-0.05, 0) is 6.92 Å². The highest BCUT2D eigenvalue weighted by molar-refractivity contribution is 6.00. The molecular formula is C6H13N5. The van der Waals surface area contributed by atoms with Gasteiger partial charge >= 0.3 is 0 Å². The van der Waals surface area contributed by atoms with Crippen LogP contribution in [0.4, 0.5) is 0 Å². The van der Waals surface area contributed by atoms with Crippen LogP contribution < -0.4 is 11.1 Å². The summed E-state index contributed by atoms with van der Waals surface area (Å²) in [5.74, 6) is 1.01. The molecule has 0 saturated heterocycles. The van der Waals surface area contributed by atoms with Gasteiger partial charge in [0, 0.05) is 14.1 Å². The monoisotopic (exact) mass is 155 g/mol. The third-order valence-electron chi connectivity index (χ3n) is 0.957. The zero-order valence-electron chi connectivity index (χ0n) is 7.00. The van der Waals surface area contributed by atoms with Crippen molar-refractivity contribution in [3.63, 3.8) is 0 Å². The van der Waals surface area contributed by atoms with Crippen LogP contribution in [0.5, 0.6) is 0 Å². The summed E-state index contributed by atoms with van der Waals surface area (Å²) in [7, 11) is 3.29. The number of aliphatic imine (C=N–C) groups is 3. The Hall–Kier alpha value is -1.39. The lowest BCUT2D eigenvalue weighted by molar-refractivity contribution is 1.23. The topological polar surface area (TPSA) is 75.1 Å². The Labute approximate surface area is 66.1 Å². The van der Waals surface area contributed by atoms with Crippen LogP contribution in [0.15, 0.2) is 15.0 Å². The van der Waals surface area contributed by atoms with Gasteiger partial charge in [-0.25, -0.2) is 4.99 Å². The van der Waals surface area contributed by atoms with Gasteiger partial charge in [-0.1, -0.05) is 0 Å². The molecule has 0 rings (SSSR count). The zero-order chi connectivity index (χ0) is 8.69. The molecule has 5 nitrogen and oxygen atoms in total. The minimum absolute atomic E-state index is 0.290. The van der Waals surface area contributed by atoms with Gasteiger partial charge in [-0.15, -0.1) is 0 Å². The van der Waals surface area contributed by atoms with E-state index in [0.717, 1.165) is 5.84 Å². The molecule has 5 heteroatoms. The number of nitrogens with one attached hydrogen (secondary N) is 1. The minimum atomic E-state index is 0.290. The third-order valence-corrected chi connectivity index (χ3v) is 0.957. The van der Waals surface area contributed by atoms with Gasteiger partial charge < -0.3 is 11.1 Å². The van der Waals surface area contributed by atoms with Gasteiger partial charge in [-0.2, -0.15) is 0 Å². The number of rotatable bonds is 1. The lowest BCUT2D eigenvalue weighted by Gasteiger charge is -2.00. The average molecular weight is 155 g/mol.